The van der Waals surface area contributed by atoms with Crippen LogP contribution in [0.3, 0.4) is 0 Å². The Morgan fingerprint density at radius 1 is 1.10 bits per heavy atom. The van der Waals surface area contributed by atoms with Crippen LogP contribution in [0.25, 0.3) is 0 Å². The molecule has 0 amide bonds. The second-order valence-corrected chi connectivity index (χ2v) is 4.23. The highest BCUT2D eigenvalue weighted by Gasteiger charge is 2.03. The predicted molar refractivity (Wildman–Crippen MR) is 78.0 cm³/mol. The third kappa shape index (κ3) is 3.71. The van der Waals surface area contributed by atoms with Gasteiger partial charge in [0.05, 0.1) is 11.5 Å². The van der Waals surface area contributed by atoms with E-state index in [1.807, 2.05) is 31.2 Å². The predicted octanol–water partition coefficient (Wildman–Crippen LogP) is 3.61. The van der Waals surface area contributed by atoms with E-state index in [2.05, 4.69) is 5.32 Å². The highest BCUT2D eigenvalue weighted by Crippen LogP contribution is 2.17. The van der Waals surface area contributed by atoms with Gasteiger partial charge in [0.2, 0.25) is 0 Å². The van der Waals surface area contributed by atoms with Crippen LogP contribution < -0.4 is 10.1 Å². The smallest absolute Gasteiger partial charge is 0.269 e. The summed E-state index contributed by atoms with van der Waals surface area (Å²) in [6, 6.07) is 14.2. The molecule has 0 unspecified atom stereocenters. The number of anilines is 1. The molecule has 104 valence electrons. The van der Waals surface area contributed by atoms with Crippen molar-refractivity contribution in [2.75, 3.05) is 11.9 Å². The normalized spacial score (nSPS) is 10.1. The van der Waals surface area contributed by atoms with Gasteiger partial charge < -0.3 is 10.1 Å². The fourth-order valence-corrected chi connectivity index (χ4v) is 1.78. The van der Waals surface area contributed by atoms with E-state index in [9.17, 15) is 10.1 Å². The van der Waals surface area contributed by atoms with Crippen LogP contribution in [0.4, 0.5) is 11.4 Å². The molecule has 0 aliphatic rings. The number of non-ortho nitro benzene ring substituents is 1. The van der Waals surface area contributed by atoms with Gasteiger partial charge in [-0.2, -0.15) is 0 Å². The maximum atomic E-state index is 10.6. The molecule has 5 nitrogen and oxygen atoms in total. The first-order valence-corrected chi connectivity index (χ1v) is 6.39. The summed E-state index contributed by atoms with van der Waals surface area (Å²) < 4.78 is 5.37. The van der Waals surface area contributed by atoms with Crippen molar-refractivity contribution in [2.45, 2.75) is 13.5 Å². The van der Waals surface area contributed by atoms with Crippen LogP contribution in [-0.4, -0.2) is 11.5 Å². The second kappa shape index (κ2) is 6.56. The van der Waals surface area contributed by atoms with Crippen LogP contribution >= 0.6 is 0 Å². The van der Waals surface area contributed by atoms with Gasteiger partial charge in [-0.1, -0.05) is 12.1 Å². The second-order valence-electron chi connectivity index (χ2n) is 4.23. The molecule has 0 saturated carbocycles. The number of hydrogen-bond donors (Lipinski definition) is 1. The molecule has 0 aromatic heterocycles. The summed E-state index contributed by atoms with van der Waals surface area (Å²) in [5, 5.41) is 13.8. The van der Waals surface area contributed by atoms with Crippen LogP contribution in [0.5, 0.6) is 5.75 Å². The molecule has 0 radical (unpaired) electrons. The van der Waals surface area contributed by atoms with E-state index in [-0.39, 0.29) is 5.69 Å². The maximum absolute atomic E-state index is 10.6. The maximum Gasteiger partial charge on any atom is 0.269 e. The number of nitrogens with zero attached hydrogens (tertiary/aromatic N) is 1. The molecule has 1 N–H and O–H groups in total. The summed E-state index contributed by atoms with van der Waals surface area (Å²) in [6.07, 6.45) is 0. The zero-order chi connectivity index (χ0) is 14.4. The van der Waals surface area contributed by atoms with E-state index in [0.29, 0.717) is 13.2 Å². The Bertz CT molecular complexity index is 565. The highest BCUT2D eigenvalue weighted by atomic mass is 16.6. The average molecular weight is 272 g/mol. The average Bonchev–Trinajstić information content (AvgIpc) is 2.47. The Morgan fingerprint density at radius 2 is 1.75 bits per heavy atom. The van der Waals surface area contributed by atoms with Gasteiger partial charge in [-0.15, -0.1) is 0 Å². The van der Waals surface area contributed by atoms with Crippen molar-refractivity contribution in [3.8, 4) is 5.75 Å². The van der Waals surface area contributed by atoms with Crippen molar-refractivity contribution in [1.82, 2.24) is 0 Å². The van der Waals surface area contributed by atoms with E-state index in [1.54, 1.807) is 12.1 Å². The Hall–Kier alpha value is -2.56. The van der Waals surface area contributed by atoms with Gasteiger partial charge in [0.1, 0.15) is 5.75 Å². The first kappa shape index (κ1) is 13.9. The summed E-state index contributed by atoms with van der Waals surface area (Å²) in [4.78, 5) is 10.2. The van der Waals surface area contributed by atoms with Crippen molar-refractivity contribution >= 4 is 11.4 Å². The lowest BCUT2D eigenvalue weighted by Crippen LogP contribution is -1.99. The number of nitro groups is 1. The van der Waals surface area contributed by atoms with Crippen molar-refractivity contribution < 1.29 is 9.66 Å². The largest absolute Gasteiger partial charge is 0.494 e. The number of benzene rings is 2. The molecular weight excluding hydrogens is 256 g/mol. The molecule has 0 saturated heterocycles. The van der Waals surface area contributed by atoms with Gasteiger partial charge in [-0.25, -0.2) is 0 Å². The molecular formula is C15H16N2O3. The summed E-state index contributed by atoms with van der Waals surface area (Å²) in [7, 11) is 0. The zero-order valence-electron chi connectivity index (χ0n) is 11.2. The van der Waals surface area contributed by atoms with Gasteiger partial charge in [-0.05, 0) is 36.8 Å². The monoisotopic (exact) mass is 272 g/mol. The third-order valence-corrected chi connectivity index (χ3v) is 2.81. The topological polar surface area (TPSA) is 64.4 Å². The van der Waals surface area contributed by atoms with E-state index in [0.717, 1.165) is 17.0 Å². The zero-order valence-corrected chi connectivity index (χ0v) is 11.2. The molecule has 0 atom stereocenters. The molecule has 0 fully saturated rings. The fourth-order valence-electron chi connectivity index (χ4n) is 1.78. The van der Waals surface area contributed by atoms with E-state index in [1.165, 1.54) is 12.1 Å². The van der Waals surface area contributed by atoms with E-state index in [4.69, 9.17) is 4.74 Å². The lowest BCUT2D eigenvalue weighted by atomic mass is 10.2. The summed E-state index contributed by atoms with van der Waals surface area (Å²) in [5.74, 6) is 0.841. The SMILES string of the molecule is CCOc1ccc(NCc2ccc([N+](=O)[O-])cc2)cc1. The number of ether oxygens (including phenoxy) is 1. The van der Waals surface area contributed by atoms with Crippen LogP contribution in [0, 0.1) is 10.1 Å². The number of nitrogens with one attached hydrogen (secondary N) is 1. The quantitative estimate of drug-likeness (QED) is 0.644. The molecule has 0 aliphatic heterocycles. The summed E-state index contributed by atoms with van der Waals surface area (Å²) >= 11 is 0. The molecule has 2 aromatic rings. The lowest BCUT2D eigenvalue weighted by Gasteiger charge is -2.08. The minimum absolute atomic E-state index is 0.106. The first-order chi connectivity index (χ1) is 9.69. The Morgan fingerprint density at radius 3 is 2.30 bits per heavy atom. The molecule has 0 aliphatic carbocycles. The molecule has 20 heavy (non-hydrogen) atoms. The summed E-state index contributed by atoms with van der Waals surface area (Å²) in [6.45, 7) is 3.21. The third-order valence-electron chi connectivity index (χ3n) is 2.81. The summed E-state index contributed by atoms with van der Waals surface area (Å²) in [5.41, 5.74) is 2.08. The molecule has 0 bridgehead atoms. The Kier molecular flexibility index (Phi) is 4.55. The van der Waals surface area contributed by atoms with Crippen LogP contribution in [0.15, 0.2) is 48.5 Å². The fraction of sp³-hybridized carbons (Fsp3) is 0.200. The molecule has 2 aromatic carbocycles. The van der Waals surface area contributed by atoms with Gasteiger partial charge >= 0.3 is 0 Å². The standard InChI is InChI=1S/C15H16N2O3/c1-2-20-15-9-5-13(6-10-15)16-11-12-3-7-14(8-4-12)17(18)19/h3-10,16H,2,11H2,1H3. The van der Waals surface area contributed by atoms with Gasteiger partial charge in [0, 0.05) is 24.4 Å². The first-order valence-electron chi connectivity index (χ1n) is 6.39. The van der Waals surface area contributed by atoms with Crippen LogP contribution in [0.1, 0.15) is 12.5 Å². The van der Waals surface area contributed by atoms with Crippen molar-refractivity contribution in [3.05, 3.63) is 64.2 Å². The molecule has 2 rings (SSSR count). The van der Waals surface area contributed by atoms with Gasteiger partial charge in [-0.3, -0.25) is 10.1 Å². The molecule has 0 spiro atoms. The Balaban J connectivity index is 1.92. The number of rotatable bonds is 6. The van der Waals surface area contributed by atoms with Crippen molar-refractivity contribution in [2.24, 2.45) is 0 Å². The lowest BCUT2D eigenvalue weighted by molar-refractivity contribution is -0.384. The Labute approximate surface area is 117 Å². The van der Waals surface area contributed by atoms with Crippen LogP contribution in [-0.2, 0) is 6.54 Å². The van der Waals surface area contributed by atoms with Gasteiger partial charge in [0.25, 0.3) is 5.69 Å². The molecule has 5 heteroatoms. The number of nitro benzene ring substituents is 1. The minimum atomic E-state index is -0.399. The number of hydrogen-bond acceptors (Lipinski definition) is 4. The highest BCUT2D eigenvalue weighted by molar-refractivity contribution is 5.47. The van der Waals surface area contributed by atoms with E-state index < -0.39 is 4.92 Å². The van der Waals surface area contributed by atoms with Crippen molar-refractivity contribution in [1.29, 1.82) is 0 Å². The molecule has 0 heterocycles. The minimum Gasteiger partial charge on any atom is -0.494 e. The van der Waals surface area contributed by atoms with E-state index >= 15 is 0 Å². The van der Waals surface area contributed by atoms with Crippen molar-refractivity contribution in [3.63, 3.8) is 0 Å². The van der Waals surface area contributed by atoms with Crippen LogP contribution in [0.2, 0.25) is 0 Å². The van der Waals surface area contributed by atoms with Gasteiger partial charge in [0.15, 0.2) is 0 Å².